The van der Waals surface area contributed by atoms with E-state index in [0.29, 0.717) is 11.8 Å². The van der Waals surface area contributed by atoms with Gasteiger partial charge in [-0.05, 0) is 62.3 Å². The van der Waals surface area contributed by atoms with Gasteiger partial charge in [-0.15, -0.1) is 0 Å². The fraction of sp³-hybridized carbons (Fsp3) is 0.560. The van der Waals surface area contributed by atoms with E-state index in [1.807, 2.05) is 6.07 Å². The second kappa shape index (κ2) is 8.45. The monoisotopic (exact) mass is 391 g/mol. The van der Waals surface area contributed by atoms with Gasteiger partial charge in [0, 0.05) is 62.6 Å². The smallest absolute Gasteiger partial charge is 0.164 e. The lowest BCUT2D eigenvalue weighted by Crippen LogP contribution is -2.48. The normalized spacial score (nSPS) is 23.0. The highest BCUT2D eigenvalue weighted by Gasteiger charge is 2.28. The fourth-order valence-corrected chi connectivity index (χ4v) is 5.67. The van der Waals surface area contributed by atoms with Crippen LogP contribution in [0, 0.1) is 0 Å². The quantitative estimate of drug-likeness (QED) is 0.768. The van der Waals surface area contributed by atoms with E-state index in [4.69, 9.17) is 0 Å². The molecule has 4 heteroatoms. The molecule has 1 saturated heterocycles. The van der Waals surface area contributed by atoms with Crippen molar-refractivity contribution in [2.45, 2.75) is 57.5 Å². The Morgan fingerprint density at radius 3 is 2.66 bits per heavy atom. The fourth-order valence-electron chi connectivity index (χ4n) is 5.67. The number of nitrogens with zero attached hydrogens (tertiary/aromatic N) is 3. The summed E-state index contributed by atoms with van der Waals surface area (Å²) < 4.78 is 2.33. The number of carbonyl (C=O) groups is 1. The summed E-state index contributed by atoms with van der Waals surface area (Å²) >= 11 is 0. The van der Waals surface area contributed by atoms with Crippen LogP contribution in [0.4, 0.5) is 0 Å². The van der Waals surface area contributed by atoms with E-state index < -0.39 is 0 Å². The molecule has 2 aliphatic carbocycles. The van der Waals surface area contributed by atoms with Crippen LogP contribution in [0.15, 0.2) is 36.5 Å². The number of ketones is 1. The van der Waals surface area contributed by atoms with Crippen LogP contribution in [0.5, 0.6) is 0 Å². The van der Waals surface area contributed by atoms with Crippen LogP contribution in [-0.2, 0) is 19.4 Å². The first kappa shape index (κ1) is 19.1. The van der Waals surface area contributed by atoms with Gasteiger partial charge in [-0.1, -0.05) is 24.3 Å². The van der Waals surface area contributed by atoms with Gasteiger partial charge in [-0.25, -0.2) is 0 Å². The van der Waals surface area contributed by atoms with Gasteiger partial charge in [0.2, 0.25) is 0 Å². The Labute approximate surface area is 174 Å². The third kappa shape index (κ3) is 3.93. The molecule has 1 aromatic heterocycles. The Kier molecular flexibility index (Phi) is 5.56. The summed E-state index contributed by atoms with van der Waals surface area (Å²) in [7, 11) is 0. The number of hydrogen-bond acceptors (Lipinski definition) is 3. The number of aryl methyl sites for hydroxylation is 2. The largest absolute Gasteiger partial charge is 0.351 e. The third-order valence-electron chi connectivity index (χ3n) is 7.26. The summed E-state index contributed by atoms with van der Waals surface area (Å²) in [5.74, 6) is 0.338. The molecule has 1 atom stereocenters. The number of piperazine rings is 1. The highest BCUT2D eigenvalue weighted by molar-refractivity contribution is 5.98. The van der Waals surface area contributed by atoms with E-state index in [9.17, 15) is 4.79 Å². The van der Waals surface area contributed by atoms with Crippen molar-refractivity contribution < 1.29 is 4.79 Å². The lowest BCUT2D eigenvalue weighted by Gasteiger charge is -2.41. The summed E-state index contributed by atoms with van der Waals surface area (Å²) in [5, 5.41) is 0. The van der Waals surface area contributed by atoms with Gasteiger partial charge >= 0.3 is 0 Å². The Hall–Kier alpha value is -1.91. The van der Waals surface area contributed by atoms with Crippen molar-refractivity contribution in [3.63, 3.8) is 0 Å². The van der Waals surface area contributed by atoms with Gasteiger partial charge in [-0.2, -0.15) is 0 Å². The topological polar surface area (TPSA) is 28.5 Å². The SMILES string of the molecule is O=C1CCCc2c1ccn2CCCN1CCN(C2CCCc3ccccc32)CC1. The van der Waals surface area contributed by atoms with Gasteiger partial charge in [0.15, 0.2) is 5.78 Å². The maximum atomic E-state index is 12.0. The molecule has 2 heterocycles. The number of carbonyl (C=O) groups excluding carboxylic acids is 1. The Morgan fingerprint density at radius 2 is 1.76 bits per heavy atom. The standard InChI is InChI=1S/C25H33N3O/c29-25-11-4-10-24-22(25)12-15-27(24)14-5-13-26-16-18-28(19-17-26)23-9-3-7-20-6-1-2-8-21(20)23/h1-2,6,8,12,15,23H,3-5,7,9-11,13-14,16-19H2. The molecule has 29 heavy (non-hydrogen) atoms. The molecule has 154 valence electrons. The zero-order valence-corrected chi connectivity index (χ0v) is 17.5. The first-order chi connectivity index (χ1) is 14.3. The maximum Gasteiger partial charge on any atom is 0.164 e. The van der Waals surface area contributed by atoms with E-state index in [2.05, 4.69) is 44.8 Å². The van der Waals surface area contributed by atoms with Crippen LogP contribution in [0.1, 0.15) is 65.3 Å². The Bertz CT molecular complexity index is 863. The molecule has 4 nitrogen and oxygen atoms in total. The highest BCUT2D eigenvalue weighted by Crippen LogP contribution is 2.34. The number of rotatable bonds is 5. The van der Waals surface area contributed by atoms with E-state index in [1.54, 1.807) is 11.1 Å². The summed E-state index contributed by atoms with van der Waals surface area (Å²) in [6, 6.07) is 11.8. The minimum absolute atomic E-state index is 0.338. The second-order valence-electron chi connectivity index (χ2n) is 8.98. The van der Waals surface area contributed by atoms with E-state index in [0.717, 1.165) is 37.9 Å². The Morgan fingerprint density at radius 1 is 0.897 bits per heavy atom. The predicted molar refractivity (Wildman–Crippen MR) is 116 cm³/mol. The first-order valence-corrected chi connectivity index (χ1v) is 11.5. The number of fused-ring (bicyclic) bond motifs is 2. The molecule has 3 aliphatic rings. The predicted octanol–water partition coefficient (Wildman–Crippen LogP) is 4.09. The average molecular weight is 392 g/mol. The van der Waals surface area contributed by atoms with E-state index in [-0.39, 0.29) is 0 Å². The molecule has 1 aliphatic heterocycles. The van der Waals surface area contributed by atoms with Crippen molar-refractivity contribution in [3.8, 4) is 0 Å². The molecule has 0 N–H and O–H groups in total. The second-order valence-corrected chi connectivity index (χ2v) is 8.98. The van der Waals surface area contributed by atoms with Gasteiger partial charge in [-0.3, -0.25) is 9.69 Å². The maximum absolute atomic E-state index is 12.0. The lowest BCUT2D eigenvalue weighted by molar-refractivity contribution is 0.0867. The average Bonchev–Trinajstić information content (AvgIpc) is 3.18. The minimum Gasteiger partial charge on any atom is -0.351 e. The first-order valence-electron chi connectivity index (χ1n) is 11.5. The number of benzene rings is 1. The Balaban J connectivity index is 1.12. The molecule has 0 saturated carbocycles. The molecule has 1 unspecified atom stereocenters. The van der Waals surface area contributed by atoms with Gasteiger partial charge < -0.3 is 9.47 Å². The molecule has 0 amide bonds. The molecular weight excluding hydrogens is 358 g/mol. The molecule has 0 spiro atoms. The van der Waals surface area contributed by atoms with Crippen LogP contribution in [0.25, 0.3) is 0 Å². The molecule has 0 bridgehead atoms. The van der Waals surface area contributed by atoms with Gasteiger partial charge in [0.05, 0.1) is 0 Å². The van der Waals surface area contributed by atoms with Crippen molar-refractivity contribution in [1.29, 1.82) is 0 Å². The van der Waals surface area contributed by atoms with Crippen molar-refractivity contribution in [2.75, 3.05) is 32.7 Å². The molecule has 1 aromatic carbocycles. The van der Waals surface area contributed by atoms with Crippen LogP contribution >= 0.6 is 0 Å². The van der Waals surface area contributed by atoms with Crippen molar-refractivity contribution in [2.24, 2.45) is 0 Å². The number of hydrogen-bond donors (Lipinski definition) is 0. The summed E-state index contributed by atoms with van der Waals surface area (Å²) in [4.78, 5) is 17.4. The molecule has 0 radical (unpaired) electrons. The zero-order valence-electron chi connectivity index (χ0n) is 17.5. The minimum atomic E-state index is 0.338. The van der Waals surface area contributed by atoms with Gasteiger partial charge in [0.1, 0.15) is 0 Å². The van der Waals surface area contributed by atoms with Crippen molar-refractivity contribution in [3.05, 3.63) is 58.9 Å². The lowest BCUT2D eigenvalue weighted by atomic mass is 9.86. The molecule has 1 fully saturated rings. The van der Waals surface area contributed by atoms with Crippen molar-refractivity contribution in [1.82, 2.24) is 14.4 Å². The van der Waals surface area contributed by atoms with Crippen LogP contribution in [0.2, 0.25) is 0 Å². The van der Waals surface area contributed by atoms with Gasteiger partial charge in [0.25, 0.3) is 0 Å². The van der Waals surface area contributed by atoms with Crippen LogP contribution in [0.3, 0.4) is 0 Å². The number of Topliss-reactive ketones (excluding diaryl/α,β-unsaturated/α-hetero) is 1. The summed E-state index contributed by atoms with van der Waals surface area (Å²) in [6.45, 7) is 6.94. The zero-order chi connectivity index (χ0) is 19.6. The van der Waals surface area contributed by atoms with Crippen LogP contribution in [-0.4, -0.2) is 52.9 Å². The highest BCUT2D eigenvalue weighted by atomic mass is 16.1. The number of aromatic nitrogens is 1. The van der Waals surface area contributed by atoms with Crippen molar-refractivity contribution >= 4 is 5.78 Å². The van der Waals surface area contributed by atoms with E-state index >= 15 is 0 Å². The molecule has 5 rings (SSSR count). The third-order valence-corrected chi connectivity index (χ3v) is 7.26. The van der Waals surface area contributed by atoms with E-state index in [1.165, 1.54) is 57.6 Å². The van der Waals surface area contributed by atoms with Crippen LogP contribution < -0.4 is 0 Å². The summed E-state index contributed by atoms with van der Waals surface area (Å²) in [6.07, 6.45) is 10.00. The molecular formula is C25H33N3O. The summed E-state index contributed by atoms with van der Waals surface area (Å²) in [5.41, 5.74) is 5.42. The molecule has 2 aromatic rings.